The summed E-state index contributed by atoms with van der Waals surface area (Å²) >= 11 is 12.5. The summed E-state index contributed by atoms with van der Waals surface area (Å²) in [6, 6.07) is 10.1. The van der Waals surface area contributed by atoms with Crippen molar-refractivity contribution in [1.29, 1.82) is 0 Å². The van der Waals surface area contributed by atoms with Crippen molar-refractivity contribution in [2.24, 2.45) is 0 Å². The first kappa shape index (κ1) is 17.4. The Morgan fingerprint density at radius 1 is 1.11 bits per heavy atom. The number of halogens is 2. The first-order chi connectivity index (χ1) is 12.9. The highest BCUT2D eigenvalue weighted by Gasteiger charge is 2.55. The molecule has 5 nitrogen and oxygen atoms in total. The molecule has 1 aliphatic carbocycles. The molecule has 2 fully saturated rings. The molecule has 0 bridgehead atoms. The summed E-state index contributed by atoms with van der Waals surface area (Å²) in [5.74, 6) is -0.435. The summed E-state index contributed by atoms with van der Waals surface area (Å²) in [5.41, 5.74) is 1.99. The minimum atomic E-state index is -0.625. The Hall–Kier alpha value is -1.66. The molecule has 5 rings (SSSR count). The number of fused-ring (bicyclic) bond motifs is 2. The Bertz CT molecular complexity index is 1020. The van der Waals surface area contributed by atoms with E-state index in [1.807, 2.05) is 44.3 Å². The fourth-order valence-electron chi connectivity index (χ4n) is 4.50. The summed E-state index contributed by atoms with van der Waals surface area (Å²) in [6.07, 6.45) is 4.27. The van der Waals surface area contributed by atoms with E-state index in [0.717, 1.165) is 22.5 Å². The van der Waals surface area contributed by atoms with Gasteiger partial charge in [-0.15, -0.1) is 0 Å². The van der Waals surface area contributed by atoms with E-state index in [-0.39, 0.29) is 24.2 Å². The maximum atomic E-state index is 6.32. The minimum Gasteiger partial charge on any atom is -0.344 e. The highest BCUT2D eigenvalue weighted by Crippen LogP contribution is 2.51. The van der Waals surface area contributed by atoms with Gasteiger partial charge in [-0.05, 0) is 44.0 Å². The lowest BCUT2D eigenvalue weighted by Gasteiger charge is -2.24. The Labute approximate surface area is 167 Å². The lowest BCUT2D eigenvalue weighted by atomic mass is 9.95. The smallest absolute Gasteiger partial charge is 0.163 e. The van der Waals surface area contributed by atoms with Crippen molar-refractivity contribution >= 4 is 34.2 Å². The van der Waals surface area contributed by atoms with Gasteiger partial charge in [0.05, 0.1) is 17.5 Å². The maximum Gasteiger partial charge on any atom is 0.163 e. The average molecular weight is 404 g/mol. The van der Waals surface area contributed by atoms with Crippen molar-refractivity contribution in [1.82, 2.24) is 14.5 Å². The number of ether oxygens (including phenoxy) is 2. The Morgan fingerprint density at radius 2 is 1.93 bits per heavy atom. The fraction of sp³-hybridized carbons (Fsp3) is 0.400. The summed E-state index contributed by atoms with van der Waals surface area (Å²) in [7, 11) is 0. The van der Waals surface area contributed by atoms with Crippen LogP contribution in [0.3, 0.4) is 0 Å². The van der Waals surface area contributed by atoms with Gasteiger partial charge in [0, 0.05) is 17.1 Å². The van der Waals surface area contributed by atoms with E-state index in [1.54, 1.807) is 0 Å². The summed E-state index contributed by atoms with van der Waals surface area (Å²) in [5, 5.41) is 2.04. The van der Waals surface area contributed by atoms with Gasteiger partial charge in [0.2, 0.25) is 0 Å². The third-order valence-electron chi connectivity index (χ3n) is 5.53. The van der Waals surface area contributed by atoms with Crippen molar-refractivity contribution < 1.29 is 9.47 Å². The number of hydrogen-bond donors (Lipinski definition) is 0. The van der Waals surface area contributed by atoms with E-state index in [1.165, 1.54) is 11.9 Å². The van der Waals surface area contributed by atoms with Crippen LogP contribution >= 0.6 is 23.2 Å². The van der Waals surface area contributed by atoms with Gasteiger partial charge >= 0.3 is 0 Å². The molecule has 1 aromatic carbocycles. The van der Waals surface area contributed by atoms with Gasteiger partial charge in [-0.3, -0.25) is 0 Å². The minimum absolute atomic E-state index is 0.0433. The van der Waals surface area contributed by atoms with Crippen LogP contribution in [0.15, 0.2) is 42.9 Å². The van der Waals surface area contributed by atoms with Crippen LogP contribution in [0.25, 0.3) is 11.0 Å². The molecule has 0 amide bonds. The molecule has 1 aliphatic heterocycles. The molecule has 3 heterocycles. The fourth-order valence-corrected chi connectivity index (χ4v) is 4.89. The van der Waals surface area contributed by atoms with Gasteiger partial charge in [0.1, 0.15) is 23.2 Å². The van der Waals surface area contributed by atoms with E-state index >= 15 is 0 Å². The predicted molar refractivity (Wildman–Crippen MR) is 104 cm³/mol. The number of rotatable bonds is 2. The van der Waals surface area contributed by atoms with Crippen molar-refractivity contribution in [3.05, 3.63) is 58.6 Å². The molecule has 0 N–H and O–H groups in total. The molecule has 1 saturated heterocycles. The summed E-state index contributed by atoms with van der Waals surface area (Å²) in [6.45, 7) is 3.93. The zero-order valence-corrected chi connectivity index (χ0v) is 16.5. The second-order valence-electron chi connectivity index (χ2n) is 7.65. The highest BCUT2D eigenvalue weighted by molar-refractivity contribution is 6.33. The van der Waals surface area contributed by atoms with Crippen LogP contribution < -0.4 is 0 Å². The zero-order chi connectivity index (χ0) is 18.8. The Kier molecular flexibility index (Phi) is 3.99. The van der Waals surface area contributed by atoms with Gasteiger partial charge < -0.3 is 14.0 Å². The van der Waals surface area contributed by atoms with E-state index in [2.05, 4.69) is 20.6 Å². The SMILES string of the molecule is CC1(C)O[C@@H]2[C@H](O1)[C@@H](c1cccc(Cl)c1)C[C@H]2n1ccc2c(Cl)ncnc21. The van der Waals surface area contributed by atoms with E-state index < -0.39 is 5.79 Å². The molecule has 2 aromatic heterocycles. The maximum absolute atomic E-state index is 6.32. The molecule has 0 radical (unpaired) electrons. The first-order valence-corrected chi connectivity index (χ1v) is 9.77. The van der Waals surface area contributed by atoms with Crippen LogP contribution in [0, 0.1) is 0 Å². The topological polar surface area (TPSA) is 49.2 Å². The lowest BCUT2D eigenvalue weighted by molar-refractivity contribution is -0.157. The van der Waals surface area contributed by atoms with Crippen LogP contribution in [0.5, 0.6) is 0 Å². The summed E-state index contributed by atoms with van der Waals surface area (Å²) < 4.78 is 14.8. The van der Waals surface area contributed by atoms with Gasteiger partial charge in [0.25, 0.3) is 0 Å². The van der Waals surface area contributed by atoms with Crippen molar-refractivity contribution in [2.75, 3.05) is 0 Å². The Morgan fingerprint density at radius 3 is 2.74 bits per heavy atom. The molecule has 3 aromatic rings. The van der Waals surface area contributed by atoms with Crippen LogP contribution in [0.4, 0.5) is 0 Å². The highest BCUT2D eigenvalue weighted by atomic mass is 35.5. The quantitative estimate of drug-likeness (QED) is 0.565. The van der Waals surface area contributed by atoms with E-state index in [0.29, 0.717) is 5.15 Å². The molecule has 140 valence electrons. The third kappa shape index (κ3) is 2.85. The van der Waals surface area contributed by atoms with Gasteiger partial charge in [-0.25, -0.2) is 9.97 Å². The standard InChI is InChI=1S/C20H19Cl2N3O2/c1-20(2)26-16-14(11-4-3-5-12(21)8-11)9-15(17(16)27-20)25-7-6-13-18(22)23-10-24-19(13)25/h3-8,10,14-17H,9H2,1-2H3/t14-,15-,16-,17+/m1/s1. The second-order valence-corrected chi connectivity index (χ2v) is 8.45. The molecular formula is C20H19Cl2N3O2. The summed E-state index contributed by atoms with van der Waals surface area (Å²) in [4.78, 5) is 8.54. The number of benzene rings is 1. The number of aromatic nitrogens is 3. The molecule has 2 aliphatic rings. The molecule has 7 heteroatoms. The molecule has 4 atom stereocenters. The predicted octanol–water partition coefficient (Wildman–Crippen LogP) is 4.99. The third-order valence-corrected chi connectivity index (χ3v) is 6.07. The first-order valence-electron chi connectivity index (χ1n) is 9.01. The second kappa shape index (κ2) is 6.17. The molecule has 1 saturated carbocycles. The van der Waals surface area contributed by atoms with Crippen LogP contribution in [0.2, 0.25) is 10.2 Å². The largest absolute Gasteiger partial charge is 0.344 e. The molecule has 27 heavy (non-hydrogen) atoms. The van der Waals surface area contributed by atoms with Gasteiger partial charge in [-0.2, -0.15) is 0 Å². The van der Waals surface area contributed by atoms with Crippen LogP contribution in [0.1, 0.15) is 37.8 Å². The monoisotopic (exact) mass is 403 g/mol. The number of nitrogens with zero attached hydrogens (tertiary/aromatic N) is 3. The van der Waals surface area contributed by atoms with E-state index in [9.17, 15) is 0 Å². The van der Waals surface area contributed by atoms with Gasteiger partial charge in [0.15, 0.2) is 5.79 Å². The number of hydrogen-bond acceptors (Lipinski definition) is 4. The Balaban J connectivity index is 1.59. The normalized spacial score (nSPS) is 29.3. The van der Waals surface area contributed by atoms with Crippen LogP contribution in [-0.4, -0.2) is 32.5 Å². The van der Waals surface area contributed by atoms with Crippen molar-refractivity contribution in [3.63, 3.8) is 0 Å². The van der Waals surface area contributed by atoms with Crippen LogP contribution in [-0.2, 0) is 9.47 Å². The molecule has 0 unspecified atom stereocenters. The van der Waals surface area contributed by atoms with Gasteiger partial charge in [-0.1, -0.05) is 35.3 Å². The molecule has 0 spiro atoms. The molecular weight excluding hydrogens is 385 g/mol. The van der Waals surface area contributed by atoms with Crippen molar-refractivity contribution in [2.45, 2.75) is 50.2 Å². The lowest BCUT2D eigenvalue weighted by Crippen LogP contribution is -2.27. The van der Waals surface area contributed by atoms with E-state index in [4.69, 9.17) is 32.7 Å². The zero-order valence-electron chi connectivity index (χ0n) is 15.0. The average Bonchev–Trinajstić information content (AvgIpc) is 3.26. The van der Waals surface area contributed by atoms with Crippen molar-refractivity contribution in [3.8, 4) is 0 Å².